The van der Waals surface area contributed by atoms with Gasteiger partial charge in [-0.25, -0.2) is 0 Å². The summed E-state index contributed by atoms with van der Waals surface area (Å²) in [4.78, 5) is 2.38. The van der Waals surface area contributed by atoms with Crippen molar-refractivity contribution in [2.45, 2.75) is 40.2 Å². The third-order valence-electron chi connectivity index (χ3n) is 2.40. The molecule has 1 heteroatoms. The van der Waals surface area contributed by atoms with Crippen LogP contribution < -0.4 is 0 Å². The molecule has 0 aromatic carbocycles. The van der Waals surface area contributed by atoms with Gasteiger partial charge in [0, 0.05) is 6.04 Å². The van der Waals surface area contributed by atoms with Gasteiger partial charge in [-0.2, -0.15) is 0 Å². The van der Waals surface area contributed by atoms with Gasteiger partial charge in [-0.3, -0.25) is 4.90 Å². The smallest absolute Gasteiger partial charge is 0.0298 e. The van der Waals surface area contributed by atoms with Crippen LogP contribution in [0.15, 0.2) is 24.8 Å². The van der Waals surface area contributed by atoms with Crippen LogP contribution in [0.25, 0.3) is 0 Å². The summed E-state index contributed by atoms with van der Waals surface area (Å²) in [6.07, 6.45) is 3.42. The highest BCUT2D eigenvalue weighted by atomic mass is 15.1. The summed E-state index contributed by atoms with van der Waals surface area (Å²) in [5, 5.41) is 0. The van der Waals surface area contributed by atoms with E-state index < -0.39 is 0 Å². The fraction of sp³-hybridized carbons (Fsp3) is 0.667. The second-order valence-corrected chi connectivity index (χ2v) is 3.03. The van der Waals surface area contributed by atoms with Gasteiger partial charge in [0.2, 0.25) is 0 Å². The topological polar surface area (TPSA) is 3.24 Å². The number of rotatable bonds is 4. The Hall–Kier alpha value is -0.560. The van der Waals surface area contributed by atoms with Gasteiger partial charge >= 0.3 is 0 Å². The van der Waals surface area contributed by atoms with Crippen LogP contribution in [0.1, 0.15) is 34.1 Å². The molecule has 0 fully saturated rings. The van der Waals surface area contributed by atoms with Crippen LogP contribution in [-0.2, 0) is 0 Å². The maximum absolute atomic E-state index is 3.00. The first-order chi connectivity index (χ1) is 6.17. The number of hydrogen-bond acceptors (Lipinski definition) is 1. The Balaban J connectivity index is 0. The van der Waals surface area contributed by atoms with Gasteiger partial charge in [-0.05, 0) is 33.9 Å². The summed E-state index contributed by atoms with van der Waals surface area (Å²) in [6.45, 7) is 15.9. The number of hydrogen-bond donors (Lipinski definition) is 0. The van der Waals surface area contributed by atoms with Gasteiger partial charge in [0.15, 0.2) is 0 Å². The Bertz CT molecular complexity index is 138. The lowest BCUT2D eigenvalue weighted by atomic mass is 10.1. The minimum Gasteiger partial charge on any atom is -0.300 e. The first-order valence-corrected chi connectivity index (χ1v) is 5.00. The van der Waals surface area contributed by atoms with E-state index in [1.165, 1.54) is 12.0 Å². The first kappa shape index (κ1) is 14.9. The Morgan fingerprint density at radius 2 is 1.85 bits per heavy atom. The van der Waals surface area contributed by atoms with Gasteiger partial charge in [-0.1, -0.05) is 25.5 Å². The summed E-state index contributed by atoms with van der Waals surface area (Å²) >= 11 is 0. The summed E-state index contributed by atoms with van der Waals surface area (Å²) in [5.41, 5.74) is 1.48. The average Bonchev–Trinajstić information content (AvgIpc) is 2.21. The molecule has 0 amide bonds. The van der Waals surface area contributed by atoms with E-state index in [4.69, 9.17) is 0 Å². The zero-order valence-corrected chi connectivity index (χ0v) is 9.93. The highest BCUT2D eigenvalue weighted by molar-refractivity contribution is 5.05. The van der Waals surface area contributed by atoms with Crippen LogP contribution in [0, 0.1) is 0 Å². The monoisotopic (exact) mass is 183 g/mol. The van der Waals surface area contributed by atoms with Crippen molar-refractivity contribution >= 4 is 0 Å². The predicted octanol–water partition coefficient (Wildman–Crippen LogP) is 3.49. The Morgan fingerprint density at radius 3 is 2.08 bits per heavy atom. The van der Waals surface area contributed by atoms with Crippen molar-refractivity contribution in [1.82, 2.24) is 4.90 Å². The van der Waals surface area contributed by atoms with Crippen LogP contribution in [0.2, 0.25) is 0 Å². The van der Waals surface area contributed by atoms with Crippen molar-refractivity contribution in [2.75, 3.05) is 13.6 Å². The molecule has 0 saturated carbocycles. The molecule has 78 valence electrons. The van der Waals surface area contributed by atoms with Crippen LogP contribution >= 0.6 is 0 Å². The van der Waals surface area contributed by atoms with Crippen LogP contribution in [-0.4, -0.2) is 24.5 Å². The van der Waals surface area contributed by atoms with E-state index in [9.17, 15) is 0 Å². The molecule has 0 N–H and O–H groups in total. The summed E-state index contributed by atoms with van der Waals surface area (Å²) in [5.74, 6) is 0. The molecule has 0 unspecified atom stereocenters. The molecule has 0 rings (SSSR count). The molecule has 0 radical (unpaired) electrons. The van der Waals surface area contributed by atoms with E-state index >= 15 is 0 Å². The van der Waals surface area contributed by atoms with E-state index in [0.29, 0.717) is 6.04 Å². The van der Waals surface area contributed by atoms with Crippen molar-refractivity contribution in [3.8, 4) is 0 Å². The van der Waals surface area contributed by atoms with Crippen LogP contribution in [0.4, 0.5) is 0 Å². The van der Waals surface area contributed by atoms with Gasteiger partial charge in [0.05, 0.1) is 0 Å². The Morgan fingerprint density at radius 1 is 1.38 bits per heavy atom. The second-order valence-electron chi connectivity index (χ2n) is 3.03. The highest BCUT2D eigenvalue weighted by Gasteiger charge is 2.11. The summed E-state index contributed by atoms with van der Waals surface area (Å²) in [7, 11) is 2.18. The van der Waals surface area contributed by atoms with Gasteiger partial charge < -0.3 is 0 Å². The van der Waals surface area contributed by atoms with Crippen molar-refractivity contribution in [3.05, 3.63) is 24.8 Å². The van der Waals surface area contributed by atoms with Gasteiger partial charge in [0.1, 0.15) is 0 Å². The minimum atomic E-state index is 0.644. The molecule has 13 heavy (non-hydrogen) atoms. The van der Waals surface area contributed by atoms with E-state index in [1.807, 2.05) is 0 Å². The average molecular weight is 183 g/mol. The molecule has 0 heterocycles. The lowest BCUT2D eigenvalue weighted by Gasteiger charge is -2.26. The minimum absolute atomic E-state index is 0.644. The zero-order valence-electron chi connectivity index (χ0n) is 9.93. The molecule has 1 atom stereocenters. The number of allylic oxidation sites excluding steroid dienone is 1. The predicted molar refractivity (Wildman–Crippen MR) is 63.1 cm³/mol. The second kappa shape index (κ2) is 9.53. The molecule has 0 aliphatic rings. The lowest BCUT2D eigenvalue weighted by molar-refractivity contribution is 0.279. The van der Waals surface area contributed by atoms with Crippen molar-refractivity contribution < 1.29 is 0 Å². The third-order valence-corrected chi connectivity index (χ3v) is 2.40. The molecular weight excluding hydrogens is 158 g/mol. The summed E-state index contributed by atoms with van der Waals surface area (Å²) in [6, 6.07) is 0.644. The molecule has 0 aromatic heterocycles. The fourth-order valence-corrected chi connectivity index (χ4v) is 1.39. The lowest BCUT2D eigenvalue weighted by Crippen LogP contribution is -2.31. The zero-order chi connectivity index (χ0) is 10.9. The maximum Gasteiger partial charge on any atom is 0.0298 e. The van der Waals surface area contributed by atoms with Crippen molar-refractivity contribution in [2.24, 2.45) is 0 Å². The van der Waals surface area contributed by atoms with E-state index in [-0.39, 0.29) is 0 Å². The molecular formula is C12H25N. The molecule has 0 spiro atoms. The first-order valence-electron chi connectivity index (χ1n) is 5.00. The molecule has 1 nitrogen and oxygen atoms in total. The van der Waals surface area contributed by atoms with Crippen molar-refractivity contribution in [1.29, 1.82) is 0 Å². The quantitative estimate of drug-likeness (QED) is 0.603. The van der Waals surface area contributed by atoms with E-state index in [0.717, 1.165) is 6.54 Å². The van der Waals surface area contributed by atoms with E-state index in [1.54, 1.807) is 0 Å². The molecule has 0 aliphatic carbocycles. The number of nitrogens with zero attached hydrogens (tertiary/aromatic N) is 1. The summed E-state index contributed by atoms with van der Waals surface area (Å²) < 4.78 is 0. The van der Waals surface area contributed by atoms with Crippen molar-refractivity contribution in [3.63, 3.8) is 0 Å². The Labute approximate surface area is 84.1 Å². The highest BCUT2D eigenvalue weighted by Crippen LogP contribution is 2.11. The standard InChI is InChI=1S/C10H21N.C2H4/c1-6-9(4)10(7-2)11(5)8-3;1-2/h6,10H,7-8H2,1-5H3;1-2H2/b9-6+;/t10-;/m1./s1. The normalized spacial score (nSPS) is 13.5. The third kappa shape index (κ3) is 5.64. The number of likely N-dealkylation sites (N-methyl/N-ethyl adjacent to an activating group) is 1. The maximum atomic E-state index is 3.00. The Kier molecular flexibility index (Phi) is 10.9. The molecule has 0 saturated heterocycles. The molecule has 0 aromatic rings. The van der Waals surface area contributed by atoms with Crippen LogP contribution in [0.5, 0.6) is 0 Å². The molecule has 0 aliphatic heterocycles. The molecule has 0 bridgehead atoms. The van der Waals surface area contributed by atoms with E-state index in [2.05, 4.69) is 58.9 Å². The van der Waals surface area contributed by atoms with Crippen LogP contribution in [0.3, 0.4) is 0 Å². The SMILES string of the molecule is C/C=C(\C)[C@@H](CC)N(C)CC.C=C. The largest absolute Gasteiger partial charge is 0.300 e. The van der Waals surface area contributed by atoms with Gasteiger partial charge in [-0.15, -0.1) is 13.2 Å². The van der Waals surface area contributed by atoms with Gasteiger partial charge in [0.25, 0.3) is 0 Å². The fourth-order valence-electron chi connectivity index (χ4n) is 1.39.